The third kappa shape index (κ3) is 6.02. The highest BCUT2D eigenvalue weighted by molar-refractivity contribution is 5.90. The molecule has 1 aromatic carbocycles. The first-order valence-electron chi connectivity index (χ1n) is 7.40. The van der Waals surface area contributed by atoms with Gasteiger partial charge < -0.3 is 19.5 Å². The summed E-state index contributed by atoms with van der Waals surface area (Å²) >= 11 is 0. The molecule has 0 heterocycles. The molecule has 0 aliphatic heterocycles. The molecule has 0 aliphatic rings. The van der Waals surface area contributed by atoms with E-state index in [0.29, 0.717) is 23.6 Å². The van der Waals surface area contributed by atoms with Crippen LogP contribution in [-0.4, -0.2) is 38.7 Å². The number of benzene rings is 1. The Labute approximate surface area is 136 Å². The van der Waals surface area contributed by atoms with Crippen LogP contribution in [0.3, 0.4) is 0 Å². The van der Waals surface area contributed by atoms with Crippen molar-refractivity contribution in [3.05, 3.63) is 29.8 Å². The maximum Gasteiger partial charge on any atom is 0.331 e. The molecule has 0 aliphatic carbocycles. The molecule has 1 amide bonds. The molecular formula is C17H23NO5. The molecule has 6 heteroatoms. The Morgan fingerprint density at radius 2 is 2.00 bits per heavy atom. The Balaban J connectivity index is 2.69. The number of hydrogen-bond acceptors (Lipinski definition) is 5. The second-order valence-electron chi connectivity index (χ2n) is 4.81. The zero-order chi connectivity index (χ0) is 17.2. The van der Waals surface area contributed by atoms with Crippen LogP contribution in [0.4, 0.5) is 0 Å². The first-order chi connectivity index (χ1) is 11.0. The lowest BCUT2D eigenvalue weighted by atomic mass is 10.1. The standard InChI is InChI=1S/C17H23NO5/c1-5-10-18-17(20)12(2)23-16(19)9-6-13-11-14(21-3)7-8-15(13)22-4/h6-9,11-12H,5,10H2,1-4H3,(H,18,20)/b9-6+. The van der Waals surface area contributed by atoms with Crippen molar-refractivity contribution in [2.24, 2.45) is 0 Å². The van der Waals surface area contributed by atoms with E-state index >= 15 is 0 Å². The fraction of sp³-hybridized carbons (Fsp3) is 0.412. The van der Waals surface area contributed by atoms with Gasteiger partial charge in [-0.3, -0.25) is 4.79 Å². The molecule has 0 aromatic heterocycles. The summed E-state index contributed by atoms with van der Waals surface area (Å²) in [7, 11) is 3.10. The minimum absolute atomic E-state index is 0.312. The Morgan fingerprint density at radius 1 is 1.26 bits per heavy atom. The molecule has 0 fully saturated rings. The Bertz CT molecular complexity index is 568. The van der Waals surface area contributed by atoms with Crippen LogP contribution in [0.5, 0.6) is 11.5 Å². The fourth-order valence-electron chi connectivity index (χ4n) is 1.79. The molecular weight excluding hydrogens is 298 g/mol. The van der Waals surface area contributed by atoms with Gasteiger partial charge in [-0.25, -0.2) is 4.79 Å². The van der Waals surface area contributed by atoms with Gasteiger partial charge in [0.15, 0.2) is 6.10 Å². The molecule has 1 aromatic rings. The Morgan fingerprint density at radius 3 is 2.61 bits per heavy atom. The summed E-state index contributed by atoms with van der Waals surface area (Å²) in [4.78, 5) is 23.4. The van der Waals surface area contributed by atoms with Gasteiger partial charge in [-0.15, -0.1) is 0 Å². The molecule has 6 nitrogen and oxygen atoms in total. The predicted molar refractivity (Wildman–Crippen MR) is 87.4 cm³/mol. The number of amides is 1. The monoisotopic (exact) mass is 321 g/mol. The number of carbonyl (C=O) groups is 2. The molecule has 0 radical (unpaired) electrons. The van der Waals surface area contributed by atoms with Gasteiger partial charge in [-0.1, -0.05) is 6.92 Å². The highest BCUT2D eigenvalue weighted by atomic mass is 16.5. The van der Waals surface area contributed by atoms with Crippen LogP contribution in [0.15, 0.2) is 24.3 Å². The molecule has 1 rings (SSSR count). The van der Waals surface area contributed by atoms with Crippen molar-refractivity contribution in [1.82, 2.24) is 5.32 Å². The van der Waals surface area contributed by atoms with Gasteiger partial charge in [0.25, 0.3) is 5.91 Å². The minimum Gasteiger partial charge on any atom is -0.497 e. The second-order valence-corrected chi connectivity index (χ2v) is 4.81. The Hall–Kier alpha value is -2.50. The van der Waals surface area contributed by atoms with Crippen LogP contribution in [0, 0.1) is 0 Å². The average molecular weight is 321 g/mol. The number of esters is 1. The van der Waals surface area contributed by atoms with E-state index < -0.39 is 12.1 Å². The van der Waals surface area contributed by atoms with Crippen LogP contribution in [-0.2, 0) is 14.3 Å². The molecule has 0 bridgehead atoms. The quantitative estimate of drug-likeness (QED) is 0.587. The topological polar surface area (TPSA) is 73.9 Å². The van der Waals surface area contributed by atoms with E-state index in [0.717, 1.165) is 6.42 Å². The number of methoxy groups -OCH3 is 2. The lowest BCUT2D eigenvalue weighted by Crippen LogP contribution is -2.35. The van der Waals surface area contributed by atoms with Crippen molar-refractivity contribution >= 4 is 18.0 Å². The number of carbonyl (C=O) groups excluding carboxylic acids is 2. The van der Waals surface area contributed by atoms with E-state index in [1.807, 2.05) is 6.92 Å². The van der Waals surface area contributed by atoms with Crippen molar-refractivity contribution in [1.29, 1.82) is 0 Å². The van der Waals surface area contributed by atoms with Crippen molar-refractivity contribution in [2.45, 2.75) is 26.4 Å². The molecule has 126 valence electrons. The van der Waals surface area contributed by atoms with Gasteiger partial charge in [-0.05, 0) is 37.6 Å². The van der Waals surface area contributed by atoms with E-state index in [9.17, 15) is 9.59 Å². The number of nitrogens with one attached hydrogen (secondary N) is 1. The van der Waals surface area contributed by atoms with Crippen LogP contribution in [0.25, 0.3) is 6.08 Å². The first kappa shape index (κ1) is 18.5. The van der Waals surface area contributed by atoms with Gasteiger partial charge in [0.2, 0.25) is 0 Å². The van der Waals surface area contributed by atoms with Crippen molar-refractivity contribution < 1.29 is 23.8 Å². The maximum absolute atomic E-state index is 11.8. The Kier molecular flexibility index (Phi) is 7.66. The summed E-state index contributed by atoms with van der Waals surface area (Å²) in [5, 5.41) is 2.67. The van der Waals surface area contributed by atoms with E-state index in [4.69, 9.17) is 14.2 Å². The molecule has 1 N–H and O–H groups in total. The predicted octanol–water partition coefficient (Wildman–Crippen LogP) is 2.17. The number of rotatable bonds is 8. The van der Waals surface area contributed by atoms with E-state index in [1.165, 1.54) is 20.1 Å². The van der Waals surface area contributed by atoms with Crippen LogP contribution >= 0.6 is 0 Å². The molecule has 0 saturated carbocycles. The lowest BCUT2D eigenvalue weighted by Gasteiger charge is -2.11. The van der Waals surface area contributed by atoms with E-state index in [2.05, 4.69) is 5.32 Å². The third-order valence-corrected chi connectivity index (χ3v) is 3.05. The van der Waals surface area contributed by atoms with Crippen LogP contribution < -0.4 is 14.8 Å². The maximum atomic E-state index is 11.8. The van der Waals surface area contributed by atoms with E-state index in [-0.39, 0.29) is 5.91 Å². The zero-order valence-corrected chi connectivity index (χ0v) is 13.9. The smallest absolute Gasteiger partial charge is 0.331 e. The summed E-state index contributed by atoms with van der Waals surface area (Å²) in [5.74, 6) is 0.330. The third-order valence-electron chi connectivity index (χ3n) is 3.05. The SMILES string of the molecule is CCCNC(=O)C(C)OC(=O)/C=C/c1cc(OC)ccc1OC. The summed E-state index contributed by atoms with van der Waals surface area (Å²) in [6.45, 7) is 4.03. The van der Waals surface area contributed by atoms with Gasteiger partial charge >= 0.3 is 5.97 Å². The average Bonchev–Trinajstić information content (AvgIpc) is 2.57. The van der Waals surface area contributed by atoms with Crippen LogP contribution in [0.2, 0.25) is 0 Å². The highest BCUT2D eigenvalue weighted by Crippen LogP contribution is 2.25. The van der Waals surface area contributed by atoms with E-state index in [1.54, 1.807) is 31.4 Å². The van der Waals surface area contributed by atoms with Gasteiger partial charge in [0.1, 0.15) is 11.5 Å². The van der Waals surface area contributed by atoms with Crippen molar-refractivity contribution in [2.75, 3.05) is 20.8 Å². The van der Waals surface area contributed by atoms with Gasteiger partial charge in [-0.2, -0.15) is 0 Å². The lowest BCUT2D eigenvalue weighted by molar-refractivity contribution is -0.150. The fourth-order valence-corrected chi connectivity index (χ4v) is 1.79. The summed E-state index contributed by atoms with van der Waals surface area (Å²) in [5.41, 5.74) is 0.673. The summed E-state index contributed by atoms with van der Waals surface area (Å²) in [6.07, 6.45) is 2.79. The van der Waals surface area contributed by atoms with Crippen LogP contribution in [0.1, 0.15) is 25.8 Å². The normalized spacial score (nSPS) is 11.8. The number of hydrogen-bond donors (Lipinski definition) is 1. The molecule has 0 spiro atoms. The zero-order valence-electron chi connectivity index (χ0n) is 13.9. The summed E-state index contributed by atoms with van der Waals surface area (Å²) < 4.78 is 15.4. The van der Waals surface area contributed by atoms with Crippen molar-refractivity contribution in [3.63, 3.8) is 0 Å². The number of ether oxygens (including phenoxy) is 3. The molecule has 1 unspecified atom stereocenters. The highest BCUT2D eigenvalue weighted by Gasteiger charge is 2.15. The second kappa shape index (κ2) is 9.50. The first-order valence-corrected chi connectivity index (χ1v) is 7.40. The molecule has 0 saturated heterocycles. The minimum atomic E-state index is -0.842. The van der Waals surface area contributed by atoms with Crippen molar-refractivity contribution in [3.8, 4) is 11.5 Å². The molecule has 23 heavy (non-hydrogen) atoms. The largest absolute Gasteiger partial charge is 0.497 e. The summed E-state index contributed by atoms with van der Waals surface area (Å²) in [6, 6.07) is 5.24. The van der Waals surface area contributed by atoms with Gasteiger partial charge in [0, 0.05) is 18.2 Å². The van der Waals surface area contributed by atoms with Gasteiger partial charge in [0.05, 0.1) is 14.2 Å². The molecule has 1 atom stereocenters.